The molecule has 30 heavy (non-hydrogen) atoms. The quantitative estimate of drug-likeness (QED) is 0.604. The van der Waals surface area contributed by atoms with Gasteiger partial charge in [0.1, 0.15) is 17.5 Å². The number of nitrogens with one attached hydrogen (secondary N) is 1. The second kappa shape index (κ2) is 8.70. The van der Waals surface area contributed by atoms with Crippen LogP contribution in [-0.2, 0) is 6.42 Å². The summed E-state index contributed by atoms with van der Waals surface area (Å²) in [5.41, 5.74) is 0.759. The molecule has 3 aromatic rings. The first-order valence-electron chi connectivity index (χ1n) is 8.90. The minimum atomic E-state index is -4.55. The molecule has 3 rings (SSSR count). The molecule has 2 N–H and O–H groups in total. The van der Waals surface area contributed by atoms with Gasteiger partial charge in [0.05, 0.1) is 17.3 Å². The predicted octanol–water partition coefficient (Wildman–Crippen LogP) is 4.25. The Morgan fingerprint density at radius 3 is 2.47 bits per heavy atom. The van der Waals surface area contributed by atoms with E-state index in [0.717, 1.165) is 11.7 Å². The van der Waals surface area contributed by atoms with Crippen molar-refractivity contribution in [2.24, 2.45) is 0 Å². The number of anilines is 1. The topological polar surface area (TPSA) is 78.4 Å². The van der Waals surface area contributed by atoms with Gasteiger partial charge in [0.25, 0.3) is 5.91 Å². The van der Waals surface area contributed by atoms with Crippen LogP contribution in [0, 0.1) is 0 Å². The van der Waals surface area contributed by atoms with Crippen molar-refractivity contribution in [3.8, 4) is 5.75 Å². The van der Waals surface area contributed by atoms with Gasteiger partial charge in [0, 0.05) is 26.1 Å². The lowest BCUT2D eigenvalue weighted by Gasteiger charge is -2.22. The molecule has 0 aliphatic heterocycles. The number of nitrogens with zero attached hydrogens (tertiary/aromatic N) is 3. The Labute approximate surface area is 175 Å². The van der Waals surface area contributed by atoms with Gasteiger partial charge in [-0.2, -0.15) is 21.9 Å². The predicted molar refractivity (Wildman–Crippen MR) is 108 cm³/mol. The summed E-state index contributed by atoms with van der Waals surface area (Å²) in [5, 5.41) is 12.9. The summed E-state index contributed by atoms with van der Waals surface area (Å²) in [6.07, 6.45) is -4.54. The number of halogens is 3. The number of alkyl halides is 3. The van der Waals surface area contributed by atoms with E-state index < -0.39 is 12.2 Å². The number of phenols is 1. The molecule has 0 aliphatic carbocycles. The van der Waals surface area contributed by atoms with Crippen LogP contribution in [0.1, 0.15) is 33.2 Å². The first kappa shape index (κ1) is 21.6. The zero-order valence-electron chi connectivity index (χ0n) is 16.1. The summed E-state index contributed by atoms with van der Waals surface area (Å²) in [6, 6.07) is 10.2. The van der Waals surface area contributed by atoms with E-state index in [2.05, 4.69) is 14.1 Å². The zero-order chi connectivity index (χ0) is 21.9. The Hall–Kier alpha value is -3.14. The molecular formula is C20H19F3N4O2S. The molecule has 6 nitrogen and oxygen atoms in total. The lowest BCUT2D eigenvalue weighted by Crippen LogP contribution is -2.28. The molecule has 2 aromatic carbocycles. The number of hydrogen-bond donors (Lipinski definition) is 2. The first-order valence-corrected chi connectivity index (χ1v) is 9.63. The van der Waals surface area contributed by atoms with Crippen LogP contribution in [0.2, 0.25) is 0 Å². The molecule has 1 unspecified atom stereocenters. The number of carbonyl (C=O) groups excluding carboxylic acids is 1. The van der Waals surface area contributed by atoms with Crippen molar-refractivity contribution in [1.29, 1.82) is 0 Å². The lowest BCUT2D eigenvalue weighted by molar-refractivity contribution is -0.144. The van der Waals surface area contributed by atoms with Crippen LogP contribution in [0.3, 0.4) is 0 Å². The fourth-order valence-corrected chi connectivity index (χ4v) is 3.43. The van der Waals surface area contributed by atoms with Crippen molar-refractivity contribution in [1.82, 2.24) is 13.6 Å². The van der Waals surface area contributed by atoms with Gasteiger partial charge in [0.15, 0.2) is 5.82 Å². The fraction of sp³-hybridized carbons (Fsp3) is 0.250. The van der Waals surface area contributed by atoms with Gasteiger partial charge in [0.2, 0.25) is 0 Å². The molecular weight excluding hydrogens is 417 g/mol. The summed E-state index contributed by atoms with van der Waals surface area (Å²) < 4.78 is 49.0. The number of aromatic hydroxyl groups is 1. The van der Waals surface area contributed by atoms with E-state index in [1.807, 2.05) is 0 Å². The van der Waals surface area contributed by atoms with Gasteiger partial charge in [-0.25, -0.2) is 0 Å². The summed E-state index contributed by atoms with van der Waals surface area (Å²) in [4.78, 5) is 13.5. The highest BCUT2D eigenvalue weighted by Gasteiger charge is 2.41. The smallest absolute Gasteiger partial charge is 0.412 e. The van der Waals surface area contributed by atoms with Crippen molar-refractivity contribution in [2.45, 2.75) is 18.6 Å². The van der Waals surface area contributed by atoms with Crippen molar-refractivity contribution in [2.75, 3.05) is 19.4 Å². The van der Waals surface area contributed by atoms with Crippen LogP contribution < -0.4 is 5.32 Å². The Bertz CT molecular complexity index is 1020. The van der Waals surface area contributed by atoms with Crippen LogP contribution in [0.15, 0.2) is 48.5 Å². The number of amides is 1. The standard InChI is InChI=1S/C20H19F3N4O2S/c1-27(2)19(29)14-10-6-9-13(16(14)28)11-15-18(26-30-25-15)24-17(20(21,22)23)12-7-4-3-5-8-12/h3-10,17,28H,11H2,1-2H3,(H,24,26). The summed E-state index contributed by atoms with van der Waals surface area (Å²) in [7, 11) is 3.11. The lowest BCUT2D eigenvalue weighted by atomic mass is 10.0. The zero-order valence-corrected chi connectivity index (χ0v) is 17.0. The molecule has 10 heteroatoms. The average molecular weight is 436 g/mol. The maximum absolute atomic E-state index is 13.6. The van der Waals surface area contributed by atoms with Gasteiger partial charge < -0.3 is 15.3 Å². The number of benzene rings is 2. The second-order valence-electron chi connectivity index (χ2n) is 6.78. The molecule has 1 atom stereocenters. The molecule has 1 aromatic heterocycles. The Morgan fingerprint density at radius 2 is 1.83 bits per heavy atom. The monoisotopic (exact) mass is 436 g/mol. The maximum Gasteiger partial charge on any atom is 0.412 e. The SMILES string of the molecule is CN(C)C(=O)c1cccc(Cc2nsnc2NC(c2ccccc2)C(F)(F)F)c1O. The van der Waals surface area contributed by atoms with Gasteiger partial charge >= 0.3 is 6.18 Å². The van der Waals surface area contributed by atoms with Gasteiger partial charge in [-0.3, -0.25) is 4.79 Å². The molecule has 0 saturated heterocycles. The van der Waals surface area contributed by atoms with Gasteiger partial charge in [-0.15, -0.1) is 0 Å². The minimum absolute atomic E-state index is 0.0125. The third-order valence-electron chi connectivity index (χ3n) is 4.41. The molecule has 0 spiro atoms. The summed E-state index contributed by atoms with van der Waals surface area (Å²) >= 11 is 0.768. The highest BCUT2D eigenvalue weighted by atomic mass is 32.1. The van der Waals surface area contributed by atoms with Crippen LogP contribution >= 0.6 is 11.7 Å². The molecule has 0 radical (unpaired) electrons. The number of aromatic nitrogens is 2. The molecule has 0 saturated carbocycles. The van der Waals surface area contributed by atoms with Crippen LogP contribution in [0.5, 0.6) is 5.75 Å². The normalized spacial score (nSPS) is 12.4. The molecule has 0 aliphatic rings. The van der Waals surface area contributed by atoms with E-state index in [-0.39, 0.29) is 40.7 Å². The van der Waals surface area contributed by atoms with E-state index >= 15 is 0 Å². The molecule has 0 fully saturated rings. The minimum Gasteiger partial charge on any atom is -0.507 e. The summed E-state index contributed by atoms with van der Waals surface area (Å²) in [5.74, 6) is -0.634. The molecule has 1 amide bonds. The van der Waals surface area contributed by atoms with Crippen molar-refractivity contribution >= 4 is 23.5 Å². The number of phenolic OH excluding ortho intramolecular Hbond substituents is 1. The number of para-hydroxylation sites is 1. The Balaban J connectivity index is 1.89. The van der Waals surface area contributed by atoms with Crippen LogP contribution in [0.25, 0.3) is 0 Å². The highest BCUT2D eigenvalue weighted by molar-refractivity contribution is 6.99. The van der Waals surface area contributed by atoms with Crippen molar-refractivity contribution < 1.29 is 23.1 Å². The van der Waals surface area contributed by atoms with E-state index in [1.54, 1.807) is 32.3 Å². The first-order chi connectivity index (χ1) is 14.2. The molecule has 1 heterocycles. The van der Waals surface area contributed by atoms with Crippen LogP contribution in [0.4, 0.5) is 19.0 Å². The van der Waals surface area contributed by atoms with Crippen molar-refractivity contribution in [3.05, 3.63) is 70.9 Å². The average Bonchev–Trinajstić information content (AvgIpc) is 3.13. The van der Waals surface area contributed by atoms with Crippen LogP contribution in [-0.4, -0.2) is 44.9 Å². The Kier molecular flexibility index (Phi) is 6.25. The van der Waals surface area contributed by atoms with E-state index in [0.29, 0.717) is 5.56 Å². The molecule has 158 valence electrons. The largest absolute Gasteiger partial charge is 0.507 e. The van der Waals surface area contributed by atoms with E-state index in [9.17, 15) is 23.1 Å². The van der Waals surface area contributed by atoms with E-state index in [4.69, 9.17) is 0 Å². The number of carbonyl (C=O) groups is 1. The van der Waals surface area contributed by atoms with Gasteiger partial charge in [-0.05, 0) is 11.6 Å². The highest BCUT2D eigenvalue weighted by Crippen LogP contribution is 2.36. The third-order valence-corrected chi connectivity index (χ3v) is 4.98. The number of rotatable bonds is 6. The fourth-order valence-electron chi connectivity index (χ4n) is 2.90. The maximum atomic E-state index is 13.6. The second-order valence-corrected chi connectivity index (χ2v) is 7.31. The van der Waals surface area contributed by atoms with Crippen molar-refractivity contribution in [3.63, 3.8) is 0 Å². The summed E-state index contributed by atoms with van der Waals surface area (Å²) in [6.45, 7) is 0. The number of hydrogen-bond acceptors (Lipinski definition) is 6. The molecule has 0 bridgehead atoms. The van der Waals surface area contributed by atoms with E-state index in [1.165, 1.54) is 35.2 Å². The Morgan fingerprint density at radius 1 is 1.13 bits per heavy atom. The van der Waals surface area contributed by atoms with Gasteiger partial charge in [-0.1, -0.05) is 42.5 Å². The third kappa shape index (κ3) is 4.70.